The molecule has 1 heterocycles. The van der Waals surface area contributed by atoms with Crippen LogP contribution in [0.1, 0.15) is 11.1 Å². The van der Waals surface area contributed by atoms with Crippen molar-refractivity contribution in [2.24, 2.45) is 7.05 Å². The van der Waals surface area contributed by atoms with Crippen molar-refractivity contribution < 1.29 is 19.0 Å². The van der Waals surface area contributed by atoms with Crippen molar-refractivity contribution in [1.29, 1.82) is 0 Å². The molecule has 0 fully saturated rings. The van der Waals surface area contributed by atoms with Crippen molar-refractivity contribution in [2.45, 2.75) is 6.61 Å². The molecule has 0 aliphatic carbocycles. The minimum absolute atomic E-state index is 0.257. The maximum absolute atomic E-state index is 12.1. The summed E-state index contributed by atoms with van der Waals surface area (Å²) in [6.07, 6.45) is 1.38. The summed E-state index contributed by atoms with van der Waals surface area (Å²) in [6.45, 7) is 0.257. The fraction of sp³-hybridized carbons (Fsp3) is 0.182. The summed E-state index contributed by atoms with van der Waals surface area (Å²) in [4.78, 5) is 12.1. The SMILES string of the molecule is CO/C=C(\C(=O)OC)c1ccccc1COc1cc(-c2ccc(Br)cc2)nn1C. The fourth-order valence-electron chi connectivity index (χ4n) is 2.86. The Balaban J connectivity index is 1.83. The van der Waals surface area contributed by atoms with Gasteiger partial charge >= 0.3 is 5.97 Å². The second kappa shape index (κ2) is 9.43. The molecule has 0 aliphatic rings. The second-order valence-corrected chi connectivity index (χ2v) is 7.12. The minimum Gasteiger partial charge on any atom is -0.503 e. The van der Waals surface area contributed by atoms with Gasteiger partial charge < -0.3 is 14.2 Å². The second-order valence-electron chi connectivity index (χ2n) is 6.20. The molecule has 0 spiro atoms. The Bertz CT molecular complexity index is 1030. The number of hydrogen-bond acceptors (Lipinski definition) is 5. The van der Waals surface area contributed by atoms with Gasteiger partial charge in [0.05, 0.1) is 26.2 Å². The molecule has 0 radical (unpaired) electrons. The van der Waals surface area contributed by atoms with Gasteiger partial charge in [-0.3, -0.25) is 0 Å². The normalized spacial score (nSPS) is 11.2. The molecule has 1 aromatic heterocycles. The van der Waals surface area contributed by atoms with E-state index < -0.39 is 5.97 Å². The number of rotatable bonds is 7. The maximum atomic E-state index is 12.1. The minimum atomic E-state index is -0.475. The van der Waals surface area contributed by atoms with Crippen LogP contribution in [0.25, 0.3) is 16.8 Å². The monoisotopic (exact) mass is 456 g/mol. The molecular formula is C22H21BrN2O4. The van der Waals surface area contributed by atoms with Crippen molar-refractivity contribution in [3.05, 3.63) is 76.5 Å². The highest BCUT2D eigenvalue weighted by Gasteiger charge is 2.17. The first-order valence-corrected chi connectivity index (χ1v) is 9.65. The van der Waals surface area contributed by atoms with Gasteiger partial charge in [-0.25, -0.2) is 9.48 Å². The van der Waals surface area contributed by atoms with Gasteiger partial charge in [-0.1, -0.05) is 52.3 Å². The number of benzene rings is 2. The molecule has 0 amide bonds. The summed E-state index contributed by atoms with van der Waals surface area (Å²) in [5, 5.41) is 4.52. The molecule has 0 saturated heterocycles. The highest BCUT2D eigenvalue weighted by atomic mass is 79.9. The Morgan fingerprint density at radius 3 is 2.55 bits per heavy atom. The average Bonchev–Trinajstić information content (AvgIpc) is 3.11. The van der Waals surface area contributed by atoms with Gasteiger partial charge in [0.25, 0.3) is 0 Å². The largest absolute Gasteiger partial charge is 0.503 e. The van der Waals surface area contributed by atoms with Crippen LogP contribution in [-0.4, -0.2) is 30.0 Å². The molecular weight excluding hydrogens is 436 g/mol. The standard InChI is InChI=1S/C22H21BrN2O4/c1-25-21(12-20(24-25)15-8-10-17(23)11-9-15)29-13-16-6-4-5-7-18(16)19(14-27-2)22(26)28-3/h4-12,14H,13H2,1-3H3/b19-14-. The van der Waals surface area contributed by atoms with E-state index in [2.05, 4.69) is 21.0 Å². The zero-order valence-electron chi connectivity index (χ0n) is 16.4. The molecule has 0 aliphatic heterocycles. The predicted molar refractivity (Wildman–Crippen MR) is 114 cm³/mol. The highest BCUT2D eigenvalue weighted by molar-refractivity contribution is 9.10. The number of aryl methyl sites for hydroxylation is 1. The fourth-order valence-corrected chi connectivity index (χ4v) is 3.12. The molecule has 3 rings (SSSR count). The third-order valence-electron chi connectivity index (χ3n) is 4.30. The first-order chi connectivity index (χ1) is 14.0. The van der Waals surface area contributed by atoms with Crippen molar-refractivity contribution >= 4 is 27.5 Å². The number of carbonyl (C=O) groups is 1. The summed E-state index contributed by atoms with van der Waals surface area (Å²) < 4.78 is 18.6. The third-order valence-corrected chi connectivity index (χ3v) is 4.83. The topological polar surface area (TPSA) is 62.6 Å². The van der Waals surface area contributed by atoms with E-state index in [0.29, 0.717) is 17.0 Å². The zero-order valence-corrected chi connectivity index (χ0v) is 18.0. The lowest BCUT2D eigenvalue weighted by molar-refractivity contribution is -0.133. The molecule has 7 heteroatoms. The summed E-state index contributed by atoms with van der Waals surface area (Å²) in [5.74, 6) is 0.144. The van der Waals surface area contributed by atoms with Crippen molar-refractivity contribution in [1.82, 2.24) is 9.78 Å². The van der Waals surface area contributed by atoms with Crippen LogP contribution in [0.4, 0.5) is 0 Å². The number of carbonyl (C=O) groups excluding carboxylic acids is 1. The van der Waals surface area contributed by atoms with E-state index in [0.717, 1.165) is 21.3 Å². The molecule has 0 saturated carbocycles. The Kier molecular flexibility index (Phi) is 6.72. The summed E-state index contributed by atoms with van der Waals surface area (Å²) in [6, 6.07) is 17.3. The predicted octanol–water partition coefficient (Wildman–Crippen LogP) is 4.59. The molecule has 0 unspecified atom stereocenters. The van der Waals surface area contributed by atoms with Crippen molar-refractivity contribution in [3.8, 4) is 17.1 Å². The number of hydrogen-bond donors (Lipinski definition) is 0. The van der Waals surface area contributed by atoms with E-state index in [9.17, 15) is 4.79 Å². The van der Waals surface area contributed by atoms with E-state index in [4.69, 9.17) is 14.2 Å². The molecule has 6 nitrogen and oxygen atoms in total. The number of halogens is 1. The van der Waals surface area contributed by atoms with Gasteiger partial charge in [0.2, 0.25) is 5.88 Å². The van der Waals surface area contributed by atoms with E-state index >= 15 is 0 Å². The average molecular weight is 457 g/mol. The van der Waals surface area contributed by atoms with Crippen LogP contribution in [0.15, 0.2) is 65.3 Å². The molecule has 29 heavy (non-hydrogen) atoms. The number of ether oxygens (including phenoxy) is 3. The van der Waals surface area contributed by atoms with Gasteiger partial charge in [-0.05, 0) is 23.3 Å². The number of nitrogens with zero attached hydrogens (tertiary/aromatic N) is 2. The van der Waals surface area contributed by atoms with Crippen LogP contribution in [0.3, 0.4) is 0 Å². The lowest BCUT2D eigenvalue weighted by atomic mass is 10.0. The summed E-state index contributed by atoms with van der Waals surface area (Å²) >= 11 is 3.44. The van der Waals surface area contributed by atoms with Crippen LogP contribution in [0, 0.1) is 0 Å². The smallest absolute Gasteiger partial charge is 0.341 e. The summed E-state index contributed by atoms with van der Waals surface area (Å²) in [5.41, 5.74) is 3.66. The molecule has 2 aromatic carbocycles. The van der Waals surface area contributed by atoms with Gasteiger partial charge in [0.15, 0.2) is 0 Å². The lowest BCUT2D eigenvalue weighted by Gasteiger charge is -2.12. The Morgan fingerprint density at radius 1 is 1.14 bits per heavy atom. The van der Waals surface area contributed by atoms with E-state index in [1.165, 1.54) is 20.5 Å². The molecule has 0 atom stereocenters. The van der Waals surface area contributed by atoms with Crippen molar-refractivity contribution in [3.63, 3.8) is 0 Å². The van der Waals surface area contributed by atoms with Crippen molar-refractivity contribution in [2.75, 3.05) is 14.2 Å². The van der Waals surface area contributed by atoms with Gasteiger partial charge in [0, 0.05) is 23.2 Å². The zero-order chi connectivity index (χ0) is 20.8. The lowest BCUT2D eigenvalue weighted by Crippen LogP contribution is -2.09. The van der Waals surface area contributed by atoms with Gasteiger partial charge in [0.1, 0.15) is 12.2 Å². The first-order valence-electron chi connectivity index (χ1n) is 8.85. The number of aromatic nitrogens is 2. The van der Waals surface area contributed by atoms with Gasteiger partial charge in [-0.15, -0.1) is 0 Å². The maximum Gasteiger partial charge on any atom is 0.341 e. The molecule has 150 valence electrons. The first kappa shape index (κ1) is 20.7. The Labute approximate surface area is 177 Å². The Morgan fingerprint density at radius 2 is 1.86 bits per heavy atom. The molecule has 0 N–H and O–H groups in total. The third kappa shape index (κ3) is 4.86. The van der Waals surface area contributed by atoms with E-state index in [-0.39, 0.29) is 6.61 Å². The highest BCUT2D eigenvalue weighted by Crippen LogP contribution is 2.26. The van der Waals surface area contributed by atoms with E-state index in [1.807, 2.05) is 61.6 Å². The van der Waals surface area contributed by atoms with Crippen LogP contribution in [0.2, 0.25) is 0 Å². The number of esters is 1. The molecule has 0 bridgehead atoms. The molecule has 3 aromatic rings. The summed E-state index contributed by atoms with van der Waals surface area (Å²) in [7, 11) is 4.65. The van der Waals surface area contributed by atoms with Crippen LogP contribution >= 0.6 is 15.9 Å². The van der Waals surface area contributed by atoms with Crippen LogP contribution in [-0.2, 0) is 27.9 Å². The number of methoxy groups -OCH3 is 2. The quantitative estimate of drug-likeness (QED) is 0.295. The van der Waals surface area contributed by atoms with E-state index in [1.54, 1.807) is 4.68 Å². The van der Waals surface area contributed by atoms with Gasteiger partial charge in [-0.2, -0.15) is 5.10 Å². The Hall–Kier alpha value is -3.06. The van der Waals surface area contributed by atoms with Crippen LogP contribution < -0.4 is 4.74 Å². The van der Waals surface area contributed by atoms with Crippen LogP contribution in [0.5, 0.6) is 5.88 Å².